The van der Waals surface area contributed by atoms with Crippen LogP contribution < -0.4 is 0 Å². The van der Waals surface area contributed by atoms with Crippen LogP contribution in [0.4, 0.5) is 0 Å². The summed E-state index contributed by atoms with van der Waals surface area (Å²) in [4.78, 5) is 0. The van der Waals surface area contributed by atoms with Crippen molar-refractivity contribution in [3.8, 4) is 11.5 Å². The molecule has 4 rings (SSSR count). The molecule has 0 radical (unpaired) electrons. The van der Waals surface area contributed by atoms with Crippen LogP contribution >= 0.6 is 0 Å². The molecule has 2 aromatic rings. The Morgan fingerprint density at radius 1 is 0.519 bits per heavy atom. The molecule has 2 atom stereocenters. The highest BCUT2D eigenvalue weighted by Gasteiger charge is 2.47. The molecule has 0 aliphatic heterocycles. The van der Waals surface area contributed by atoms with Gasteiger partial charge in [-0.3, -0.25) is 0 Å². The predicted octanol–water partition coefficient (Wildman–Crippen LogP) is 13.7. The molecule has 0 fully saturated rings. The van der Waals surface area contributed by atoms with Crippen molar-refractivity contribution in [3.63, 3.8) is 0 Å². The smallest absolute Gasteiger partial charge is 0.122 e. The van der Waals surface area contributed by atoms with E-state index in [9.17, 15) is 20.4 Å². The van der Waals surface area contributed by atoms with Crippen molar-refractivity contribution in [2.45, 2.75) is 160 Å². The second kappa shape index (κ2) is 15.2. The largest absolute Gasteiger partial charge is 0.512 e. The summed E-state index contributed by atoms with van der Waals surface area (Å²) < 4.78 is 0. The fourth-order valence-electron chi connectivity index (χ4n) is 7.78. The van der Waals surface area contributed by atoms with Gasteiger partial charge >= 0.3 is 0 Å². The van der Waals surface area contributed by atoms with Crippen molar-refractivity contribution in [3.05, 3.63) is 105 Å². The van der Waals surface area contributed by atoms with Gasteiger partial charge in [0.05, 0.1) is 11.5 Å². The molecule has 0 saturated heterocycles. The topological polar surface area (TPSA) is 80.9 Å². The summed E-state index contributed by atoms with van der Waals surface area (Å²) in [6, 6.07) is 8.14. The number of aromatic hydroxyl groups is 2. The molecule has 0 spiro atoms. The monoisotopic (exact) mass is 713 g/mol. The first kappa shape index (κ1) is 43.0. The number of hydrogen-bond donors (Lipinski definition) is 4. The van der Waals surface area contributed by atoms with E-state index >= 15 is 0 Å². The second-order valence-electron chi connectivity index (χ2n) is 19.7. The first-order valence-electron chi connectivity index (χ1n) is 19.5. The normalized spacial score (nSPS) is 21.4. The van der Waals surface area contributed by atoms with Crippen LogP contribution in [0.15, 0.2) is 71.2 Å². The van der Waals surface area contributed by atoms with Gasteiger partial charge in [-0.1, -0.05) is 168 Å². The van der Waals surface area contributed by atoms with Crippen LogP contribution in [-0.2, 0) is 17.3 Å². The van der Waals surface area contributed by atoms with E-state index in [-0.39, 0.29) is 32.5 Å². The predicted molar refractivity (Wildman–Crippen MR) is 222 cm³/mol. The van der Waals surface area contributed by atoms with E-state index in [0.717, 1.165) is 65.5 Å². The van der Waals surface area contributed by atoms with E-state index in [1.807, 2.05) is 24.3 Å². The van der Waals surface area contributed by atoms with E-state index in [1.54, 1.807) is 0 Å². The Morgan fingerprint density at radius 3 is 1.13 bits per heavy atom. The third-order valence-electron chi connectivity index (χ3n) is 13.1. The Hall–Kier alpha value is -3.40. The Morgan fingerprint density at radius 2 is 0.846 bits per heavy atom. The van der Waals surface area contributed by atoms with Gasteiger partial charge in [0.15, 0.2) is 0 Å². The van der Waals surface area contributed by atoms with Gasteiger partial charge in [-0.15, -0.1) is 0 Å². The van der Waals surface area contributed by atoms with Crippen molar-refractivity contribution >= 4 is 0 Å². The van der Waals surface area contributed by atoms with Crippen LogP contribution in [0.5, 0.6) is 11.5 Å². The summed E-state index contributed by atoms with van der Waals surface area (Å²) in [6.07, 6.45) is 13.3. The lowest BCUT2D eigenvalue weighted by Crippen LogP contribution is -2.39. The number of hydrogen-bond acceptors (Lipinski definition) is 4. The Bertz CT molecular complexity index is 1620. The van der Waals surface area contributed by atoms with E-state index in [0.29, 0.717) is 29.4 Å². The highest BCUT2D eigenvalue weighted by atomic mass is 16.3. The Balaban J connectivity index is 0.000000281. The van der Waals surface area contributed by atoms with Crippen LogP contribution in [0.25, 0.3) is 0 Å². The Labute approximate surface area is 317 Å². The van der Waals surface area contributed by atoms with Crippen LogP contribution in [0.1, 0.15) is 162 Å². The van der Waals surface area contributed by atoms with Crippen molar-refractivity contribution in [2.75, 3.05) is 0 Å². The van der Waals surface area contributed by atoms with E-state index < -0.39 is 0 Å². The molecule has 2 aliphatic carbocycles. The third kappa shape index (κ3) is 8.86. The first-order chi connectivity index (χ1) is 23.6. The number of phenols is 2. The summed E-state index contributed by atoms with van der Waals surface area (Å²) in [5, 5.41) is 42.9. The summed E-state index contributed by atoms with van der Waals surface area (Å²) >= 11 is 0. The van der Waals surface area contributed by atoms with Gasteiger partial charge in [-0.2, -0.15) is 0 Å². The lowest BCUT2D eigenvalue weighted by Gasteiger charge is -2.47. The minimum absolute atomic E-state index is 0.0327. The molecule has 4 nitrogen and oxygen atoms in total. The van der Waals surface area contributed by atoms with Crippen LogP contribution in [-0.4, -0.2) is 20.4 Å². The maximum atomic E-state index is 10.8. The van der Waals surface area contributed by atoms with E-state index in [2.05, 4.69) is 135 Å². The molecule has 0 bridgehead atoms. The van der Waals surface area contributed by atoms with Gasteiger partial charge < -0.3 is 20.4 Å². The second-order valence-corrected chi connectivity index (χ2v) is 19.7. The maximum Gasteiger partial charge on any atom is 0.122 e. The maximum absolute atomic E-state index is 10.8. The Kier molecular flexibility index (Phi) is 12.5. The minimum Gasteiger partial charge on any atom is -0.512 e. The summed E-state index contributed by atoms with van der Waals surface area (Å²) in [5.74, 6) is 1.70. The van der Waals surface area contributed by atoms with Crippen molar-refractivity contribution in [1.29, 1.82) is 0 Å². The first-order valence-corrected chi connectivity index (χ1v) is 19.5. The minimum atomic E-state index is -0.231. The standard InChI is InChI=1S/C25H40O2.C23H32O2/c1-9-22(3,4)24(7)16-18(11-13-20(24)26)15-19-12-14-21(27)25(8,17-19)23(5,6)10-2;1-14-9-16(20(24)18(11-14)22(3,4)5)13-17-10-15(2)12-19(21(17)25)23(6,7)8/h11-14,26-27H,9-10,15-17H2,1-8H3;9-12,24-25H,13H2,1-8H3. The molecule has 0 heterocycles. The summed E-state index contributed by atoms with van der Waals surface area (Å²) in [6.45, 7) is 34.5. The lowest BCUT2D eigenvalue weighted by atomic mass is 9.58. The van der Waals surface area contributed by atoms with E-state index in [1.165, 1.54) is 11.1 Å². The van der Waals surface area contributed by atoms with Crippen molar-refractivity contribution in [2.24, 2.45) is 21.7 Å². The zero-order chi connectivity index (χ0) is 39.8. The van der Waals surface area contributed by atoms with Gasteiger partial charge in [0.2, 0.25) is 0 Å². The zero-order valence-electron chi connectivity index (χ0n) is 35.7. The number of allylic oxidation sites excluding steroid dienone is 8. The molecule has 4 N–H and O–H groups in total. The fraction of sp³-hybridized carbons (Fsp3) is 0.583. The number of aliphatic hydroxyl groups excluding tert-OH is 2. The SMILES string of the molecule is CCC(C)(C)C1(C)CC(CC2=CC=C(O)C(C)(C(C)(C)CC)C2)=CC=C1O.Cc1cc(Cc2cc(C)cc(C(C)(C)C)c2O)c(O)c(C(C)(C)C)c1. The molecule has 52 heavy (non-hydrogen) atoms. The quantitative estimate of drug-likeness (QED) is 0.220. The lowest BCUT2D eigenvalue weighted by molar-refractivity contribution is 0.0667. The number of rotatable bonds is 8. The van der Waals surface area contributed by atoms with Gasteiger partial charge in [0, 0.05) is 17.3 Å². The van der Waals surface area contributed by atoms with Crippen molar-refractivity contribution < 1.29 is 20.4 Å². The third-order valence-corrected chi connectivity index (χ3v) is 13.1. The summed E-state index contributed by atoms with van der Waals surface area (Å²) in [7, 11) is 0. The van der Waals surface area contributed by atoms with Gasteiger partial charge in [0.1, 0.15) is 11.5 Å². The van der Waals surface area contributed by atoms with Crippen LogP contribution in [0.2, 0.25) is 0 Å². The molecule has 288 valence electrons. The van der Waals surface area contributed by atoms with Gasteiger partial charge in [-0.05, 0) is 89.2 Å². The average molecular weight is 713 g/mol. The number of aliphatic hydroxyl groups is 2. The molecule has 4 heteroatoms. The summed E-state index contributed by atoms with van der Waals surface area (Å²) in [5.41, 5.74) is 7.97. The van der Waals surface area contributed by atoms with Crippen LogP contribution in [0, 0.1) is 35.5 Å². The van der Waals surface area contributed by atoms with Gasteiger partial charge in [-0.25, -0.2) is 0 Å². The number of benzene rings is 2. The van der Waals surface area contributed by atoms with Gasteiger partial charge in [0.25, 0.3) is 0 Å². The molecule has 2 unspecified atom stereocenters. The highest BCUT2D eigenvalue weighted by molar-refractivity contribution is 5.53. The highest BCUT2D eigenvalue weighted by Crippen LogP contribution is 2.55. The molecule has 0 saturated carbocycles. The molecule has 2 aliphatic rings. The molecule has 2 aromatic carbocycles. The van der Waals surface area contributed by atoms with E-state index in [4.69, 9.17) is 0 Å². The fourth-order valence-corrected chi connectivity index (χ4v) is 7.78. The number of aryl methyl sites for hydroxylation is 2. The molecular weight excluding hydrogens is 641 g/mol. The molecular formula is C48H72O4. The van der Waals surface area contributed by atoms with Crippen molar-refractivity contribution in [1.82, 2.24) is 0 Å². The number of phenolic OH excluding ortho intramolecular Hbond substituents is 2. The molecule has 0 amide bonds. The molecule has 0 aromatic heterocycles. The zero-order valence-corrected chi connectivity index (χ0v) is 35.7. The average Bonchev–Trinajstić information content (AvgIpc) is 3.03. The van der Waals surface area contributed by atoms with Crippen LogP contribution in [0.3, 0.4) is 0 Å².